The maximum atomic E-state index is 14.6. The van der Waals surface area contributed by atoms with E-state index in [0.29, 0.717) is 59.6 Å². The van der Waals surface area contributed by atoms with E-state index in [2.05, 4.69) is 11.8 Å². The number of aliphatic carboxylic acids is 1. The fourth-order valence-electron chi connectivity index (χ4n) is 6.60. The van der Waals surface area contributed by atoms with Crippen molar-refractivity contribution >= 4 is 17.6 Å². The number of rotatable bonds is 3. The first-order chi connectivity index (χ1) is 22.3. The summed E-state index contributed by atoms with van der Waals surface area (Å²) < 4.78 is 35.5. The number of nitrogens with zero attached hydrogens (tertiary/aromatic N) is 4. The van der Waals surface area contributed by atoms with Gasteiger partial charge in [-0.2, -0.15) is 0 Å². The molecule has 10 heteroatoms. The van der Waals surface area contributed by atoms with Crippen LogP contribution in [0.3, 0.4) is 0 Å². The lowest BCUT2D eigenvalue weighted by atomic mass is 9.92. The SMILES string of the molecule is Cc1nc2nc3cn2c(c1[C@H](OC(C)(C)C)C(=O)O)N1CCC(C)(CC1)OCCCC[C@@H](C)Oc1ccc(F)cc1-c1cccc-3c1. The predicted octanol–water partition coefficient (Wildman–Crippen LogP) is 7.78. The van der Waals surface area contributed by atoms with Crippen molar-refractivity contribution in [2.24, 2.45) is 0 Å². The van der Waals surface area contributed by atoms with Gasteiger partial charge in [-0.1, -0.05) is 18.2 Å². The maximum absolute atomic E-state index is 14.6. The van der Waals surface area contributed by atoms with E-state index in [4.69, 9.17) is 24.2 Å². The summed E-state index contributed by atoms with van der Waals surface area (Å²) in [6.45, 7) is 13.6. The van der Waals surface area contributed by atoms with Crippen LogP contribution in [0.25, 0.3) is 28.2 Å². The maximum Gasteiger partial charge on any atom is 0.337 e. The van der Waals surface area contributed by atoms with Gasteiger partial charge in [-0.05, 0) is 103 Å². The van der Waals surface area contributed by atoms with Gasteiger partial charge in [0.25, 0.3) is 0 Å². The highest BCUT2D eigenvalue weighted by molar-refractivity contribution is 5.79. The summed E-state index contributed by atoms with van der Waals surface area (Å²) in [4.78, 5) is 24.8. The second-order valence-electron chi connectivity index (χ2n) is 14.1. The van der Waals surface area contributed by atoms with Crippen molar-refractivity contribution in [3.8, 4) is 28.1 Å². The summed E-state index contributed by atoms with van der Waals surface area (Å²) in [5.74, 6) is 0.375. The van der Waals surface area contributed by atoms with Crippen LogP contribution in [0.15, 0.2) is 48.7 Å². The Morgan fingerprint density at radius 3 is 2.57 bits per heavy atom. The largest absolute Gasteiger partial charge is 0.490 e. The third-order valence-corrected chi connectivity index (χ3v) is 9.09. The number of halogens is 1. The van der Waals surface area contributed by atoms with E-state index in [-0.39, 0.29) is 17.5 Å². The van der Waals surface area contributed by atoms with Crippen LogP contribution >= 0.6 is 0 Å². The molecule has 0 radical (unpaired) electrons. The van der Waals surface area contributed by atoms with Crippen molar-refractivity contribution in [3.63, 3.8) is 0 Å². The van der Waals surface area contributed by atoms with E-state index in [1.807, 2.05) is 69.5 Å². The van der Waals surface area contributed by atoms with Crippen LogP contribution in [0, 0.1) is 12.7 Å². The molecule has 47 heavy (non-hydrogen) atoms. The van der Waals surface area contributed by atoms with Crippen molar-refractivity contribution < 1.29 is 28.5 Å². The van der Waals surface area contributed by atoms with Gasteiger partial charge in [0.1, 0.15) is 17.4 Å². The summed E-state index contributed by atoms with van der Waals surface area (Å²) in [6, 6.07) is 12.4. The molecule has 1 saturated heterocycles. The fraction of sp³-hybridized carbons (Fsp3) is 0.486. The smallest absolute Gasteiger partial charge is 0.337 e. The zero-order chi connectivity index (χ0) is 33.5. The first-order valence-corrected chi connectivity index (χ1v) is 16.6. The van der Waals surface area contributed by atoms with E-state index >= 15 is 0 Å². The molecule has 5 heterocycles. The number of ether oxygens (including phenoxy) is 3. The summed E-state index contributed by atoms with van der Waals surface area (Å²) in [7, 11) is 0. The molecule has 0 aliphatic carbocycles. The minimum Gasteiger partial charge on any atom is -0.490 e. The molecule has 1 fully saturated rings. The molecule has 6 bridgehead atoms. The first-order valence-electron chi connectivity index (χ1n) is 16.6. The highest BCUT2D eigenvalue weighted by Crippen LogP contribution is 2.39. The van der Waals surface area contributed by atoms with E-state index in [0.717, 1.165) is 43.2 Å². The summed E-state index contributed by atoms with van der Waals surface area (Å²) in [5.41, 5.74) is 3.00. The molecule has 250 valence electrons. The molecule has 3 aliphatic rings. The second kappa shape index (κ2) is 12.9. The quantitative estimate of drug-likeness (QED) is 0.242. The molecule has 9 nitrogen and oxygen atoms in total. The zero-order valence-corrected chi connectivity index (χ0v) is 28.2. The zero-order valence-electron chi connectivity index (χ0n) is 28.2. The minimum absolute atomic E-state index is 0.0518. The van der Waals surface area contributed by atoms with Gasteiger partial charge in [-0.3, -0.25) is 4.40 Å². The Balaban J connectivity index is 1.53. The van der Waals surface area contributed by atoms with Gasteiger partial charge >= 0.3 is 5.97 Å². The number of anilines is 1. The van der Waals surface area contributed by atoms with Gasteiger partial charge in [0.15, 0.2) is 6.10 Å². The normalized spacial score (nSPS) is 21.3. The highest BCUT2D eigenvalue weighted by Gasteiger charge is 2.37. The molecule has 2 atom stereocenters. The Morgan fingerprint density at radius 2 is 1.85 bits per heavy atom. The number of carboxylic acid groups (broad SMARTS) is 1. The van der Waals surface area contributed by atoms with Crippen LogP contribution in [0.2, 0.25) is 0 Å². The van der Waals surface area contributed by atoms with E-state index in [1.165, 1.54) is 12.1 Å². The van der Waals surface area contributed by atoms with Crippen molar-refractivity contribution in [2.45, 2.75) is 97.1 Å². The molecule has 0 unspecified atom stereocenters. The topological polar surface area (TPSA) is 98.4 Å². The number of imidazole rings is 1. The van der Waals surface area contributed by atoms with Crippen LogP contribution in [-0.2, 0) is 14.3 Å². The Bertz CT molecular complexity index is 1770. The number of carbonyl (C=O) groups is 1. The molecule has 2 aromatic carbocycles. The average Bonchev–Trinajstić information content (AvgIpc) is 3.43. The van der Waals surface area contributed by atoms with Crippen LogP contribution in [0.1, 0.15) is 84.1 Å². The van der Waals surface area contributed by atoms with Gasteiger partial charge < -0.3 is 24.2 Å². The van der Waals surface area contributed by atoms with Crippen molar-refractivity contribution in [3.05, 3.63) is 65.7 Å². The number of aromatic nitrogens is 3. The van der Waals surface area contributed by atoms with Crippen molar-refractivity contribution in [1.29, 1.82) is 0 Å². The third-order valence-electron chi connectivity index (χ3n) is 9.09. The summed E-state index contributed by atoms with van der Waals surface area (Å²) in [6.07, 6.45) is 4.88. The number of benzene rings is 2. The Morgan fingerprint density at radius 1 is 1.11 bits per heavy atom. The lowest BCUT2D eigenvalue weighted by molar-refractivity contribution is -0.160. The number of hydrogen-bond donors (Lipinski definition) is 1. The lowest BCUT2D eigenvalue weighted by Crippen LogP contribution is -2.45. The fourth-order valence-corrected chi connectivity index (χ4v) is 6.60. The predicted molar refractivity (Wildman–Crippen MR) is 180 cm³/mol. The molecule has 0 saturated carbocycles. The van der Waals surface area contributed by atoms with Crippen LogP contribution in [0.5, 0.6) is 5.75 Å². The van der Waals surface area contributed by atoms with Gasteiger partial charge in [0.05, 0.1) is 34.3 Å². The van der Waals surface area contributed by atoms with Crippen molar-refractivity contribution in [2.75, 3.05) is 24.6 Å². The van der Waals surface area contributed by atoms with Crippen molar-refractivity contribution in [1.82, 2.24) is 14.4 Å². The molecular weight excluding hydrogens is 599 g/mol. The Labute approximate surface area is 275 Å². The van der Waals surface area contributed by atoms with E-state index in [1.54, 1.807) is 6.07 Å². The third kappa shape index (κ3) is 7.13. The molecule has 4 aromatic rings. The van der Waals surface area contributed by atoms with Gasteiger partial charge in [-0.25, -0.2) is 19.2 Å². The number of piperidine rings is 1. The number of hydrogen-bond acceptors (Lipinski definition) is 7. The van der Waals surface area contributed by atoms with Gasteiger partial charge in [0.2, 0.25) is 5.78 Å². The molecule has 7 rings (SSSR count). The standard InChI is InChI=1S/C37H45FN4O5/c1-23-10-7-8-19-45-37(6)15-17-41(18-16-37)33-31(32(34(43)44)47-36(3,4)5)24(2)39-35-40-29(22-42(33)35)26-12-9-11-25(20-26)28-21-27(38)13-14-30(28)46-23/h9,11-14,20-23,32H,7-8,10,15-19H2,1-6H3,(H,43,44)/t23-,32+/m1/s1. The molecule has 0 spiro atoms. The van der Waals surface area contributed by atoms with Crippen LogP contribution in [0.4, 0.5) is 10.2 Å². The van der Waals surface area contributed by atoms with Gasteiger partial charge in [-0.15, -0.1) is 0 Å². The van der Waals surface area contributed by atoms with Gasteiger partial charge in [0, 0.05) is 37.0 Å². The average molecular weight is 645 g/mol. The minimum atomic E-state index is -1.24. The van der Waals surface area contributed by atoms with Crippen LogP contribution < -0.4 is 9.64 Å². The highest BCUT2D eigenvalue weighted by atomic mass is 19.1. The number of fused-ring (bicyclic) bond motifs is 8. The van der Waals surface area contributed by atoms with E-state index in [9.17, 15) is 14.3 Å². The summed E-state index contributed by atoms with van der Waals surface area (Å²) in [5, 5.41) is 10.5. The molecular formula is C37H45FN4O5. The summed E-state index contributed by atoms with van der Waals surface area (Å²) >= 11 is 0. The monoisotopic (exact) mass is 644 g/mol. The Kier molecular flexibility index (Phi) is 9.02. The molecule has 3 aliphatic heterocycles. The molecule has 1 N–H and O–H groups in total. The molecule has 2 aromatic heterocycles. The second-order valence-corrected chi connectivity index (χ2v) is 14.1. The van der Waals surface area contributed by atoms with E-state index < -0.39 is 17.7 Å². The molecule has 0 amide bonds. The van der Waals surface area contributed by atoms with Crippen LogP contribution in [-0.4, -0.2) is 62.4 Å². The Hall–Kier alpha value is -4.02. The number of aryl methyl sites for hydroxylation is 1. The first kappa shape index (κ1) is 32.9. The number of carboxylic acids is 1. The lowest BCUT2D eigenvalue weighted by Gasteiger charge is -2.41.